The highest BCUT2D eigenvalue weighted by Gasteiger charge is 2.33. The fourth-order valence-electron chi connectivity index (χ4n) is 3.08. The molecule has 0 aliphatic carbocycles. The van der Waals surface area contributed by atoms with E-state index >= 15 is 0 Å². The number of nitrogens with zero attached hydrogens (tertiary/aromatic N) is 1. The van der Waals surface area contributed by atoms with Gasteiger partial charge in [0.25, 0.3) is 0 Å². The lowest BCUT2D eigenvalue weighted by molar-refractivity contribution is 0.0287. The van der Waals surface area contributed by atoms with Crippen molar-refractivity contribution in [3.63, 3.8) is 0 Å². The van der Waals surface area contributed by atoms with E-state index in [1.807, 2.05) is 0 Å². The van der Waals surface area contributed by atoms with Crippen molar-refractivity contribution in [1.82, 2.24) is 4.90 Å². The Morgan fingerprint density at radius 1 is 1.29 bits per heavy atom. The molecule has 1 aliphatic heterocycles. The van der Waals surface area contributed by atoms with Gasteiger partial charge in [0.05, 0.1) is 6.10 Å². The molecule has 1 fully saturated rings. The predicted molar refractivity (Wildman–Crippen MR) is 73.2 cm³/mol. The number of nitrogens with two attached hydrogens (primary N) is 1. The zero-order valence-electron chi connectivity index (χ0n) is 11.9. The van der Waals surface area contributed by atoms with Crippen LogP contribution in [0.5, 0.6) is 0 Å². The maximum atomic E-state index is 6.07. The van der Waals surface area contributed by atoms with Gasteiger partial charge in [-0.05, 0) is 32.7 Å². The first-order valence-electron chi connectivity index (χ1n) is 7.21. The molecule has 17 heavy (non-hydrogen) atoms. The molecule has 1 heterocycles. The molecule has 0 radical (unpaired) electrons. The molecule has 1 atom stereocenters. The topological polar surface area (TPSA) is 38.5 Å². The summed E-state index contributed by atoms with van der Waals surface area (Å²) >= 11 is 0. The second-order valence-electron chi connectivity index (χ2n) is 5.44. The first-order valence-corrected chi connectivity index (χ1v) is 7.21. The van der Waals surface area contributed by atoms with Crippen LogP contribution in [-0.4, -0.2) is 43.3 Å². The Morgan fingerprint density at radius 2 is 1.94 bits per heavy atom. The lowest BCUT2D eigenvalue weighted by Gasteiger charge is -2.42. The Hall–Kier alpha value is -0.120. The lowest BCUT2D eigenvalue weighted by Crippen LogP contribution is -2.54. The molecule has 1 aliphatic rings. The summed E-state index contributed by atoms with van der Waals surface area (Å²) in [6.45, 7) is 7.24. The molecule has 0 aromatic rings. The van der Waals surface area contributed by atoms with Gasteiger partial charge in [0.2, 0.25) is 0 Å². The fourth-order valence-corrected chi connectivity index (χ4v) is 3.08. The van der Waals surface area contributed by atoms with Crippen LogP contribution in [0.15, 0.2) is 0 Å². The molecular formula is C14H30N2O. The summed E-state index contributed by atoms with van der Waals surface area (Å²) in [5.41, 5.74) is 6.26. The SMILES string of the molecule is CCCC(CN)(CCC)N(C)CC1CCCO1. The van der Waals surface area contributed by atoms with Gasteiger partial charge >= 0.3 is 0 Å². The average Bonchev–Trinajstić information content (AvgIpc) is 2.81. The molecule has 3 nitrogen and oxygen atoms in total. The fraction of sp³-hybridized carbons (Fsp3) is 1.00. The van der Waals surface area contributed by atoms with Gasteiger partial charge in [0, 0.05) is 25.2 Å². The van der Waals surface area contributed by atoms with Crippen LogP contribution in [0.4, 0.5) is 0 Å². The smallest absolute Gasteiger partial charge is 0.0702 e. The van der Waals surface area contributed by atoms with Crippen molar-refractivity contribution in [2.75, 3.05) is 26.7 Å². The molecule has 3 heteroatoms. The summed E-state index contributed by atoms with van der Waals surface area (Å²) < 4.78 is 5.74. The van der Waals surface area contributed by atoms with Crippen LogP contribution in [0.3, 0.4) is 0 Å². The summed E-state index contributed by atoms with van der Waals surface area (Å²) in [6.07, 6.45) is 7.65. The molecule has 0 aromatic carbocycles. The number of rotatable bonds is 8. The van der Waals surface area contributed by atoms with Crippen molar-refractivity contribution in [3.05, 3.63) is 0 Å². The van der Waals surface area contributed by atoms with Crippen molar-refractivity contribution in [1.29, 1.82) is 0 Å². The van der Waals surface area contributed by atoms with Crippen LogP contribution in [0, 0.1) is 0 Å². The van der Waals surface area contributed by atoms with Gasteiger partial charge in [-0.1, -0.05) is 26.7 Å². The molecule has 2 N–H and O–H groups in total. The van der Waals surface area contributed by atoms with E-state index in [1.54, 1.807) is 0 Å². The van der Waals surface area contributed by atoms with Crippen LogP contribution in [0.25, 0.3) is 0 Å². The number of likely N-dealkylation sites (N-methyl/N-ethyl adjacent to an activating group) is 1. The van der Waals surface area contributed by atoms with E-state index in [-0.39, 0.29) is 5.54 Å². The maximum absolute atomic E-state index is 6.07. The van der Waals surface area contributed by atoms with E-state index in [2.05, 4.69) is 25.8 Å². The van der Waals surface area contributed by atoms with Gasteiger partial charge in [-0.3, -0.25) is 4.90 Å². The highest BCUT2D eigenvalue weighted by molar-refractivity contribution is 4.91. The largest absolute Gasteiger partial charge is 0.377 e. The predicted octanol–water partition coefficient (Wildman–Crippen LogP) is 2.39. The number of hydrogen-bond donors (Lipinski definition) is 1. The van der Waals surface area contributed by atoms with Crippen LogP contribution in [-0.2, 0) is 4.74 Å². The quantitative estimate of drug-likeness (QED) is 0.710. The van der Waals surface area contributed by atoms with Crippen molar-refractivity contribution in [3.8, 4) is 0 Å². The van der Waals surface area contributed by atoms with E-state index in [0.29, 0.717) is 6.10 Å². The lowest BCUT2D eigenvalue weighted by atomic mass is 9.86. The van der Waals surface area contributed by atoms with Crippen LogP contribution in [0.1, 0.15) is 52.4 Å². The van der Waals surface area contributed by atoms with Crippen molar-refractivity contribution >= 4 is 0 Å². The molecule has 102 valence electrons. The van der Waals surface area contributed by atoms with Gasteiger partial charge in [-0.2, -0.15) is 0 Å². The second-order valence-corrected chi connectivity index (χ2v) is 5.44. The minimum absolute atomic E-state index is 0.190. The highest BCUT2D eigenvalue weighted by Crippen LogP contribution is 2.27. The van der Waals surface area contributed by atoms with Gasteiger partial charge in [0.15, 0.2) is 0 Å². The Labute approximate surface area is 107 Å². The summed E-state index contributed by atoms with van der Waals surface area (Å²) in [5, 5.41) is 0. The summed E-state index contributed by atoms with van der Waals surface area (Å²) in [4.78, 5) is 2.47. The maximum Gasteiger partial charge on any atom is 0.0702 e. The Balaban J connectivity index is 2.59. The molecule has 0 bridgehead atoms. The van der Waals surface area contributed by atoms with Gasteiger partial charge in [-0.25, -0.2) is 0 Å². The zero-order valence-corrected chi connectivity index (χ0v) is 11.9. The molecule has 0 spiro atoms. The Kier molecular flexibility index (Phi) is 6.45. The average molecular weight is 242 g/mol. The molecule has 1 saturated heterocycles. The first kappa shape index (κ1) is 14.9. The van der Waals surface area contributed by atoms with E-state index < -0.39 is 0 Å². The molecule has 1 rings (SSSR count). The monoisotopic (exact) mass is 242 g/mol. The third kappa shape index (κ3) is 3.94. The van der Waals surface area contributed by atoms with E-state index in [4.69, 9.17) is 10.5 Å². The summed E-state index contributed by atoms with van der Waals surface area (Å²) in [5.74, 6) is 0. The van der Waals surface area contributed by atoms with E-state index in [9.17, 15) is 0 Å². The Morgan fingerprint density at radius 3 is 2.35 bits per heavy atom. The van der Waals surface area contributed by atoms with Crippen molar-refractivity contribution < 1.29 is 4.74 Å². The van der Waals surface area contributed by atoms with E-state index in [1.165, 1.54) is 38.5 Å². The van der Waals surface area contributed by atoms with Crippen LogP contribution >= 0.6 is 0 Å². The molecular weight excluding hydrogens is 212 g/mol. The number of ether oxygens (including phenoxy) is 1. The molecule has 0 aromatic heterocycles. The van der Waals surface area contributed by atoms with Gasteiger partial charge in [-0.15, -0.1) is 0 Å². The third-order valence-corrected chi connectivity index (χ3v) is 4.12. The van der Waals surface area contributed by atoms with Crippen molar-refractivity contribution in [2.45, 2.75) is 64.0 Å². The molecule has 0 amide bonds. The minimum atomic E-state index is 0.190. The second kappa shape index (κ2) is 7.34. The summed E-state index contributed by atoms with van der Waals surface area (Å²) in [7, 11) is 2.22. The van der Waals surface area contributed by atoms with Crippen LogP contribution < -0.4 is 5.73 Å². The third-order valence-electron chi connectivity index (χ3n) is 4.12. The standard InChI is InChI=1S/C14H30N2O/c1-4-8-14(12-15,9-5-2)16(3)11-13-7-6-10-17-13/h13H,4-12,15H2,1-3H3. The highest BCUT2D eigenvalue weighted by atomic mass is 16.5. The van der Waals surface area contributed by atoms with Gasteiger partial charge in [0.1, 0.15) is 0 Å². The van der Waals surface area contributed by atoms with Crippen LogP contribution in [0.2, 0.25) is 0 Å². The molecule has 1 unspecified atom stereocenters. The van der Waals surface area contributed by atoms with E-state index in [0.717, 1.165) is 19.7 Å². The van der Waals surface area contributed by atoms with Gasteiger partial charge < -0.3 is 10.5 Å². The summed E-state index contributed by atoms with van der Waals surface area (Å²) in [6, 6.07) is 0. The first-order chi connectivity index (χ1) is 8.18. The molecule has 0 saturated carbocycles. The van der Waals surface area contributed by atoms with Crippen molar-refractivity contribution in [2.24, 2.45) is 5.73 Å². The Bertz CT molecular complexity index is 196. The number of hydrogen-bond acceptors (Lipinski definition) is 3. The minimum Gasteiger partial charge on any atom is -0.377 e. The zero-order chi connectivity index (χ0) is 12.7. The normalized spacial score (nSPS) is 21.4.